The molecule has 1 radical (unpaired) electrons. The molecular formula is C14H16N3O. The maximum Gasteiger partial charge on any atom is 0.156 e. The standard InChI is InChI=1S/C14H16N3O/c1-14(2,3)17(18)13-9-6-8-12(16-13)11-7-4-5-10-15-11/h4-10H,1-3H3. The van der Waals surface area contributed by atoms with Crippen LogP contribution in [0, 0.1) is 0 Å². The molecule has 0 bridgehead atoms. The average molecular weight is 242 g/mol. The molecule has 18 heavy (non-hydrogen) atoms. The zero-order chi connectivity index (χ0) is 13.2. The summed E-state index contributed by atoms with van der Waals surface area (Å²) >= 11 is 0. The molecular weight excluding hydrogens is 226 g/mol. The van der Waals surface area contributed by atoms with Crippen LogP contribution in [0.3, 0.4) is 0 Å². The molecule has 0 aliphatic heterocycles. The van der Waals surface area contributed by atoms with Crippen LogP contribution < -0.4 is 5.06 Å². The van der Waals surface area contributed by atoms with Gasteiger partial charge in [-0.3, -0.25) is 4.98 Å². The van der Waals surface area contributed by atoms with E-state index in [1.54, 1.807) is 12.3 Å². The van der Waals surface area contributed by atoms with Gasteiger partial charge in [-0.1, -0.05) is 17.3 Å². The third-order valence-corrected chi connectivity index (χ3v) is 2.48. The number of nitrogens with zero attached hydrogens (tertiary/aromatic N) is 3. The van der Waals surface area contributed by atoms with Crippen molar-refractivity contribution in [3.05, 3.63) is 42.6 Å². The fourth-order valence-corrected chi connectivity index (χ4v) is 1.54. The van der Waals surface area contributed by atoms with Crippen molar-refractivity contribution in [1.82, 2.24) is 9.97 Å². The highest BCUT2D eigenvalue weighted by Crippen LogP contribution is 2.22. The van der Waals surface area contributed by atoms with Crippen LogP contribution in [0.5, 0.6) is 0 Å². The summed E-state index contributed by atoms with van der Waals surface area (Å²) in [4.78, 5) is 8.59. The van der Waals surface area contributed by atoms with Crippen molar-refractivity contribution in [2.75, 3.05) is 5.06 Å². The summed E-state index contributed by atoms with van der Waals surface area (Å²) in [7, 11) is 0. The van der Waals surface area contributed by atoms with Gasteiger partial charge in [-0.25, -0.2) is 4.98 Å². The van der Waals surface area contributed by atoms with Gasteiger partial charge in [-0.05, 0) is 45.0 Å². The first-order valence-electron chi connectivity index (χ1n) is 5.84. The van der Waals surface area contributed by atoms with Crippen LogP contribution in [0.2, 0.25) is 0 Å². The van der Waals surface area contributed by atoms with Gasteiger partial charge in [0.05, 0.1) is 16.9 Å². The Morgan fingerprint density at radius 2 is 1.72 bits per heavy atom. The van der Waals surface area contributed by atoms with E-state index in [4.69, 9.17) is 0 Å². The molecule has 0 saturated carbocycles. The molecule has 2 rings (SSSR count). The Morgan fingerprint density at radius 3 is 2.33 bits per heavy atom. The topological polar surface area (TPSA) is 48.9 Å². The number of hydrogen-bond acceptors (Lipinski definition) is 3. The number of pyridine rings is 2. The van der Waals surface area contributed by atoms with Crippen molar-refractivity contribution < 1.29 is 5.21 Å². The lowest BCUT2D eigenvalue weighted by Crippen LogP contribution is -2.38. The largest absolute Gasteiger partial charge is 0.255 e. The molecule has 0 aliphatic rings. The number of rotatable bonds is 2. The molecule has 0 aromatic carbocycles. The van der Waals surface area contributed by atoms with Crippen LogP contribution in [-0.4, -0.2) is 15.5 Å². The van der Waals surface area contributed by atoms with Gasteiger partial charge >= 0.3 is 0 Å². The smallest absolute Gasteiger partial charge is 0.156 e. The lowest BCUT2D eigenvalue weighted by molar-refractivity contribution is 0.0997. The number of hydroxylamine groups is 1. The SMILES string of the molecule is CC(C)(C)N([O])c1cccc(-c2ccccn2)n1. The van der Waals surface area contributed by atoms with E-state index in [-0.39, 0.29) is 0 Å². The van der Waals surface area contributed by atoms with Crippen LogP contribution >= 0.6 is 0 Å². The molecule has 2 aromatic rings. The number of hydrogen-bond donors (Lipinski definition) is 0. The predicted molar refractivity (Wildman–Crippen MR) is 70.4 cm³/mol. The van der Waals surface area contributed by atoms with Crippen LogP contribution in [0.1, 0.15) is 20.8 Å². The van der Waals surface area contributed by atoms with Gasteiger partial charge in [-0.15, -0.1) is 0 Å². The van der Waals surface area contributed by atoms with Crippen molar-refractivity contribution in [3.63, 3.8) is 0 Å². The molecule has 0 spiro atoms. The lowest BCUT2D eigenvalue weighted by atomic mass is 10.1. The van der Waals surface area contributed by atoms with E-state index in [0.717, 1.165) is 10.8 Å². The van der Waals surface area contributed by atoms with Gasteiger partial charge in [0.2, 0.25) is 0 Å². The third kappa shape index (κ3) is 2.65. The molecule has 0 atom stereocenters. The summed E-state index contributed by atoms with van der Waals surface area (Å²) in [5.41, 5.74) is 0.968. The zero-order valence-corrected chi connectivity index (χ0v) is 10.8. The quantitative estimate of drug-likeness (QED) is 0.760. The van der Waals surface area contributed by atoms with Crippen molar-refractivity contribution in [2.45, 2.75) is 26.3 Å². The molecule has 4 heteroatoms. The molecule has 93 valence electrons. The summed E-state index contributed by atoms with van der Waals surface area (Å²) in [6.45, 7) is 5.57. The second kappa shape index (κ2) is 4.74. The molecule has 0 saturated heterocycles. The zero-order valence-electron chi connectivity index (χ0n) is 10.8. The minimum Gasteiger partial charge on any atom is -0.255 e. The number of anilines is 1. The first kappa shape index (κ1) is 12.5. The fraction of sp³-hybridized carbons (Fsp3) is 0.286. The summed E-state index contributed by atoms with van der Waals surface area (Å²) in [5, 5.41) is 13.0. The Kier molecular flexibility index (Phi) is 3.30. The first-order chi connectivity index (χ1) is 8.48. The summed E-state index contributed by atoms with van der Waals surface area (Å²) in [6.07, 6.45) is 1.71. The Labute approximate surface area is 107 Å². The molecule has 0 aliphatic carbocycles. The molecule has 0 amide bonds. The Hall–Kier alpha value is -1.94. The van der Waals surface area contributed by atoms with Crippen molar-refractivity contribution in [2.24, 2.45) is 0 Å². The minimum absolute atomic E-state index is 0.408. The molecule has 2 aromatic heterocycles. The third-order valence-electron chi connectivity index (χ3n) is 2.48. The summed E-state index contributed by atoms with van der Waals surface area (Å²) in [5.74, 6) is 0.408. The maximum atomic E-state index is 12.1. The maximum absolute atomic E-state index is 12.1. The molecule has 0 unspecified atom stereocenters. The van der Waals surface area contributed by atoms with Gasteiger partial charge in [0.25, 0.3) is 0 Å². The highest BCUT2D eigenvalue weighted by atomic mass is 16.5. The lowest BCUT2D eigenvalue weighted by Gasteiger charge is -2.27. The van der Waals surface area contributed by atoms with E-state index in [2.05, 4.69) is 9.97 Å². The van der Waals surface area contributed by atoms with E-state index in [1.165, 1.54) is 0 Å². The molecule has 4 nitrogen and oxygen atoms in total. The average Bonchev–Trinajstić information content (AvgIpc) is 2.38. The van der Waals surface area contributed by atoms with Crippen molar-refractivity contribution in [1.29, 1.82) is 0 Å². The highest BCUT2D eigenvalue weighted by molar-refractivity contribution is 5.57. The normalized spacial score (nSPS) is 11.3. The molecule has 2 heterocycles. The fourth-order valence-electron chi connectivity index (χ4n) is 1.54. The van der Waals surface area contributed by atoms with E-state index in [1.807, 2.05) is 51.1 Å². The monoisotopic (exact) mass is 242 g/mol. The van der Waals surface area contributed by atoms with E-state index < -0.39 is 5.54 Å². The van der Waals surface area contributed by atoms with E-state index in [0.29, 0.717) is 11.5 Å². The molecule has 0 N–H and O–H groups in total. The van der Waals surface area contributed by atoms with Gasteiger partial charge in [0, 0.05) is 6.20 Å². The Morgan fingerprint density at radius 1 is 1.00 bits per heavy atom. The van der Waals surface area contributed by atoms with Crippen LogP contribution in [-0.2, 0) is 5.21 Å². The van der Waals surface area contributed by atoms with Gasteiger partial charge in [-0.2, -0.15) is 5.06 Å². The summed E-state index contributed by atoms with van der Waals surface area (Å²) in [6, 6.07) is 11.0. The summed E-state index contributed by atoms with van der Waals surface area (Å²) < 4.78 is 0. The number of aromatic nitrogens is 2. The minimum atomic E-state index is -0.504. The van der Waals surface area contributed by atoms with Crippen molar-refractivity contribution >= 4 is 5.82 Å². The Bertz CT molecular complexity index is 520. The van der Waals surface area contributed by atoms with Gasteiger partial charge in [0.1, 0.15) is 0 Å². The van der Waals surface area contributed by atoms with Gasteiger partial charge in [0.15, 0.2) is 5.82 Å². The second-order valence-corrected chi connectivity index (χ2v) is 5.06. The van der Waals surface area contributed by atoms with Crippen molar-refractivity contribution in [3.8, 4) is 11.4 Å². The molecule has 0 fully saturated rings. The Balaban J connectivity index is 2.37. The van der Waals surface area contributed by atoms with E-state index >= 15 is 0 Å². The van der Waals surface area contributed by atoms with E-state index in [9.17, 15) is 5.21 Å². The van der Waals surface area contributed by atoms with Gasteiger partial charge < -0.3 is 0 Å². The van der Waals surface area contributed by atoms with Crippen LogP contribution in [0.4, 0.5) is 5.82 Å². The predicted octanol–water partition coefficient (Wildman–Crippen LogP) is 3.09. The van der Waals surface area contributed by atoms with Crippen LogP contribution in [0.15, 0.2) is 42.6 Å². The van der Waals surface area contributed by atoms with Crippen LogP contribution in [0.25, 0.3) is 11.4 Å². The highest BCUT2D eigenvalue weighted by Gasteiger charge is 2.22. The second-order valence-electron chi connectivity index (χ2n) is 5.06. The first-order valence-corrected chi connectivity index (χ1v) is 5.84.